The molecule has 0 saturated carbocycles. The van der Waals surface area contributed by atoms with Crippen LogP contribution < -0.4 is 20.1 Å². The Morgan fingerprint density at radius 2 is 1.62 bits per heavy atom. The van der Waals surface area contributed by atoms with Crippen LogP contribution in [-0.4, -0.2) is 54.1 Å². The van der Waals surface area contributed by atoms with E-state index in [9.17, 15) is 14.7 Å². The van der Waals surface area contributed by atoms with Gasteiger partial charge >= 0.3 is 5.97 Å². The third-order valence-corrected chi connectivity index (χ3v) is 7.56. The topological polar surface area (TPSA) is 85.8 Å². The van der Waals surface area contributed by atoms with Crippen molar-refractivity contribution in [1.82, 2.24) is 9.89 Å². The Morgan fingerprint density at radius 1 is 0.925 bits per heavy atom. The number of amides is 1. The highest BCUT2D eigenvalue weighted by molar-refractivity contribution is 14.1. The van der Waals surface area contributed by atoms with E-state index in [-0.39, 0.29) is 11.5 Å². The van der Waals surface area contributed by atoms with Gasteiger partial charge in [0, 0.05) is 54.0 Å². The lowest BCUT2D eigenvalue weighted by Gasteiger charge is -2.22. The molecule has 0 saturated heterocycles. The second kappa shape index (κ2) is 14.8. The van der Waals surface area contributed by atoms with Crippen molar-refractivity contribution in [1.29, 1.82) is 0 Å². The van der Waals surface area contributed by atoms with Gasteiger partial charge in [0.15, 0.2) is 0 Å². The molecular formula is C32H39IN3O4+. The molecule has 212 valence electrons. The maximum atomic E-state index is 12.1. The zero-order valence-corrected chi connectivity index (χ0v) is 26.1. The van der Waals surface area contributed by atoms with Crippen molar-refractivity contribution in [2.45, 2.75) is 34.6 Å². The predicted molar refractivity (Wildman–Crippen MR) is 173 cm³/mol. The highest BCUT2D eigenvalue weighted by atomic mass is 127. The number of carboxylic acid groups (broad SMARTS) is 1. The molecule has 0 bridgehead atoms. The van der Waals surface area contributed by atoms with E-state index in [0.717, 1.165) is 71.6 Å². The number of benzene rings is 3. The van der Waals surface area contributed by atoms with E-state index in [1.807, 2.05) is 41.6 Å². The van der Waals surface area contributed by atoms with Gasteiger partial charge in [-0.15, -0.1) is 0 Å². The monoisotopic (exact) mass is 656 g/mol. The number of aromatic carboxylic acids is 1. The van der Waals surface area contributed by atoms with Crippen LogP contribution in [0.5, 0.6) is 0 Å². The fourth-order valence-electron chi connectivity index (χ4n) is 4.86. The summed E-state index contributed by atoms with van der Waals surface area (Å²) in [4.78, 5) is 24.6. The first-order valence-electron chi connectivity index (χ1n) is 13.8. The van der Waals surface area contributed by atoms with Crippen LogP contribution in [0.15, 0.2) is 65.1 Å². The molecule has 2 N–H and O–H groups in total. The quantitative estimate of drug-likeness (QED) is 0.0983. The summed E-state index contributed by atoms with van der Waals surface area (Å²) in [6.45, 7) is 14.8. The maximum absolute atomic E-state index is 12.1. The smallest absolute Gasteiger partial charge is 0.336 e. The van der Waals surface area contributed by atoms with Crippen molar-refractivity contribution < 1.29 is 19.1 Å². The van der Waals surface area contributed by atoms with Gasteiger partial charge in [-0.25, -0.2) is 9.37 Å². The van der Waals surface area contributed by atoms with Gasteiger partial charge < -0.3 is 19.7 Å². The average molecular weight is 657 g/mol. The normalized spacial score (nSPS) is 10.7. The number of carbonyl (C=O) groups is 2. The number of fused-ring (bicyclic) bond motifs is 2. The Morgan fingerprint density at radius 3 is 2.20 bits per heavy atom. The van der Waals surface area contributed by atoms with Crippen LogP contribution in [-0.2, 0) is 4.79 Å². The van der Waals surface area contributed by atoms with Crippen LogP contribution in [0.1, 0.15) is 45.0 Å². The number of anilines is 1. The third kappa shape index (κ3) is 7.02. The second-order valence-corrected chi connectivity index (χ2v) is 9.88. The standard InChI is InChI=1S/C28H30N2O3.C4H8INO/c1-5-29(6-2)19-13-15-23-25(17-19)33-26-18-20(30(7-3)8-4)14-16-24(26)27(23)21-11-9-10-12-22(21)28(31)32;1-2-6-4(7)3-5/h9-18H,5-8H2,1-4H3;2-3H2,1H3,(H,6,7)/p+1. The molecule has 7 nitrogen and oxygen atoms in total. The molecule has 1 amide bonds. The van der Waals surface area contributed by atoms with Gasteiger partial charge in [0.1, 0.15) is 24.4 Å². The first-order chi connectivity index (χ1) is 19.3. The van der Waals surface area contributed by atoms with Crippen molar-refractivity contribution in [3.8, 4) is 22.5 Å². The van der Waals surface area contributed by atoms with E-state index in [4.69, 9.17) is 4.42 Å². The van der Waals surface area contributed by atoms with Crippen LogP contribution in [0, 0.1) is 0 Å². The minimum Gasteiger partial charge on any atom is -0.478 e. The van der Waals surface area contributed by atoms with Crippen molar-refractivity contribution in [3.05, 3.63) is 71.6 Å². The van der Waals surface area contributed by atoms with E-state index < -0.39 is 5.97 Å². The van der Waals surface area contributed by atoms with Gasteiger partial charge in [-0.2, -0.15) is 0 Å². The maximum Gasteiger partial charge on any atom is 0.336 e. The summed E-state index contributed by atoms with van der Waals surface area (Å²) in [6.07, 6.45) is 0. The number of nitrogens with one attached hydrogen (secondary N) is 1. The summed E-state index contributed by atoms with van der Waals surface area (Å²) in [5.74, 6) is -0.0749. The van der Waals surface area contributed by atoms with Gasteiger partial charge in [-0.3, -0.25) is 4.79 Å². The summed E-state index contributed by atoms with van der Waals surface area (Å²) in [7, 11) is 0. The van der Waals surface area contributed by atoms with Gasteiger partial charge in [-0.05, 0) is 64.4 Å². The summed E-state index contributed by atoms with van der Waals surface area (Å²) >= 11 is 2.02. The van der Waals surface area contributed by atoms with Crippen molar-refractivity contribution in [2.24, 2.45) is 0 Å². The van der Waals surface area contributed by atoms with E-state index in [2.05, 4.69) is 78.9 Å². The Bertz CT molecular complexity index is 1500. The lowest BCUT2D eigenvalue weighted by molar-refractivity contribution is -0.118. The summed E-state index contributed by atoms with van der Waals surface area (Å²) in [6, 6.07) is 19.6. The molecule has 0 spiro atoms. The van der Waals surface area contributed by atoms with Gasteiger partial charge in [0.25, 0.3) is 0 Å². The molecule has 2 aliphatic rings. The molecule has 0 aromatic heterocycles. The number of hydrogen-bond donors (Lipinski definition) is 2. The van der Waals surface area contributed by atoms with Gasteiger partial charge in [-0.1, -0.05) is 40.8 Å². The Kier molecular flexibility index (Phi) is 11.5. The van der Waals surface area contributed by atoms with Crippen LogP contribution in [0.2, 0.25) is 0 Å². The zero-order valence-electron chi connectivity index (χ0n) is 24.0. The molecule has 2 aromatic rings. The molecule has 1 aliphatic carbocycles. The minimum absolute atomic E-state index is 0.114. The average Bonchev–Trinajstić information content (AvgIpc) is 2.97. The number of rotatable bonds is 9. The molecule has 0 fully saturated rings. The first-order valence-corrected chi connectivity index (χ1v) is 15.3. The van der Waals surface area contributed by atoms with Crippen LogP contribution >= 0.6 is 22.6 Å². The first kappa shape index (κ1) is 31.1. The molecule has 40 heavy (non-hydrogen) atoms. The Labute approximate surface area is 250 Å². The van der Waals surface area contributed by atoms with Crippen LogP contribution in [0.25, 0.3) is 33.4 Å². The highest BCUT2D eigenvalue weighted by Gasteiger charge is 2.22. The molecule has 0 unspecified atom stereocenters. The van der Waals surface area contributed by atoms with Crippen LogP contribution in [0.4, 0.5) is 5.69 Å². The van der Waals surface area contributed by atoms with E-state index in [1.54, 1.807) is 12.1 Å². The number of nitrogens with zero attached hydrogens (tertiary/aromatic N) is 2. The number of carbonyl (C=O) groups excluding carboxylic acids is 1. The number of halogens is 1. The van der Waals surface area contributed by atoms with E-state index in [0.29, 0.717) is 9.99 Å². The molecule has 8 heteroatoms. The lowest BCUT2D eigenvalue weighted by atomic mass is 9.90. The molecular weight excluding hydrogens is 617 g/mol. The minimum atomic E-state index is -0.938. The molecule has 0 atom stereocenters. The van der Waals surface area contributed by atoms with E-state index in [1.165, 1.54) is 0 Å². The highest BCUT2D eigenvalue weighted by Crippen LogP contribution is 2.42. The Hall–Kier alpha value is -3.40. The number of carboxylic acids is 1. The summed E-state index contributed by atoms with van der Waals surface area (Å²) < 4.78 is 9.30. The fraction of sp³-hybridized carbons (Fsp3) is 0.344. The largest absolute Gasteiger partial charge is 0.478 e. The number of hydrogen-bond acceptors (Lipinski definition) is 4. The SMILES string of the molecule is CCN(CC)c1ccc2c(-c3ccccc3C(=O)O)c3ccc(=[N+](CC)CC)cc-3oc2c1.CCNC(=O)CI. The molecule has 0 radical (unpaired) electrons. The van der Waals surface area contributed by atoms with Crippen LogP contribution in [0.3, 0.4) is 0 Å². The molecule has 1 aliphatic heterocycles. The molecule has 4 rings (SSSR count). The lowest BCUT2D eigenvalue weighted by Crippen LogP contribution is -2.29. The van der Waals surface area contributed by atoms with Crippen molar-refractivity contribution in [2.75, 3.05) is 42.1 Å². The fourth-order valence-corrected chi connectivity index (χ4v) is 5.13. The summed E-state index contributed by atoms with van der Waals surface area (Å²) in [5.41, 5.74) is 4.62. The van der Waals surface area contributed by atoms with Gasteiger partial charge in [0.05, 0.1) is 16.1 Å². The summed E-state index contributed by atoms with van der Waals surface area (Å²) in [5, 5.41) is 14.5. The zero-order chi connectivity index (χ0) is 29.2. The van der Waals surface area contributed by atoms with Crippen molar-refractivity contribution >= 4 is 51.1 Å². The Balaban J connectivity index is 0.000000559. The predicted octanol–water partition coefficient (Wildman–Crippen LogP) is 6.12. The second-order valence-electron chi connectivity index (χ2n) is 9.12. The molecule has 1 heterocycles. The molecule has 2 aromatic carbocycles. The van der Waals surface area contributed by atoms with Crippen molar-refractivity contribution in [3.63, 3.8) is 0 Å². The van der Waals surface area contributed by atoms with Gasteiger partial charge in [0.2, 0.25) is 11.3 Å². The van der Waals surface area contributed by atoms with E-state index >= 15 is 0 Å². The number of alkyl halides is 1. The third-order valence-electron chi connectivity index (χ3n) is 6.87.